The smallest absolute Gasteiger partial charge is 0.177 e. The molecule has 4 fully saturated rings. The molecule has 58 heavy (non-hydrogen) atoms. The summed E-state index contributed by atoms with van der Waals surface area (Å²) < 4.78 is 5.77. The van der Waals surface area contributed by atoms with Gasteiger partial charge in [-0.15, -0.1) is 4.99 Å². The van der Waals surface area contributed by atoms with E-state index in [9.17, 15) is 19.8 Å². The maximum atomic E-state index is 14.7. The summed E-state index contributed by atoms with van der Waals surface area (Å²) in [6.45, 7) is 6.32. The first-order chi connectivity index (χ1) is 28.1. The van der Waals surface area contributed by atoms with Gasteiger partial charge in [0.1, 0.15) is 29.8 Å². The minimum atomic E-state index is -0.569. The van der Waals surface area contributed by atoms with Crippen LogP contribution in [-0.2, 0) is 14.3 Å². The first-order valence-corrected chi connectivity index (χ1v) is 23.8. The number of nitrogens with one attached hydrogen (secondary N) is 2. The van der Waals surface area contributed by atoms with Crippen molar-refractivity contribution in [2.45, 2.75) is 167 Å². The number of fused-ring (bicyclic) bond motifs is 2. The van der Waals surface area contributed by atoms with Gasteiger partial charge < -0.3 is 31.3 Å². The van der Waals surface area contributed by atoms with E-state index in [1.54, 1.807) is 7.11 Å². The van der Waals surface area contributed by atoms with Crippen molar-refractivity contribution in [3.8, 4) is 11.8 Å². The van der Waals surface area contributed by atoms with Gasteiger partial charge in [-0.25, -0.2) is 0 Å². The lowest BCUT2D eigenvalue weighted by molar-refractivity contribution is -0.131. The zero-order valence-electron chi connectivity index (χ0n) is 36.5. The van der Waals surface area contributed by atoms with Crippen molar-refractivity contribution < 1.29 is 24.5 Å². The maximum absolute atomic E-state index is 14.7. The minimum absolute atomic E-state index is 0.00657. The number of nitrogens with two attached hydrogens (primary N) is 1. The summed E-state index contributed by atoms with van der Waals surface area (Å²) in [6.07, 6.45) is 20.3. The van der Waals surface area contributed by atoms with Crippen LogP contribution in [0, 0.1) is 82.9 Å². The van der Waals surface area contributed by atoms with Crippen LogP contribution in [0.1, 0.15) is 142 Å². The fourth-order valence-electron chi connectivity index (χ4n) is 12.5. The topological polar surface area (TPSA) is 146 Å². The Hall–Kier alpha value is -2.06. The summed E-state index contributed by atoms with van der Waals surface area (Å²) in [7, 11) is 3.67. The number of carbonyl (C=O) groups excluding carboxylic acids is 2. The number of aliphatic imine (C=N–C) groups is 1. The van der Waals surface area contributed by atoms with E-state index in [0.717, 1.165) is 95.8 Å². The first kappa shape index (κ1) is 45.5. The molecule has 6 unspecified atom stereocenters. The van der Waals surface area contributed by atoms with Crippen LogP contribution >= 0.6 is 0 Å². The number of ether oxygens (including phenoxy) is 1. The van der Waals surface area contributed by atoms with Crippen LogP contribution in [0.15, 0.2) is 16.8 Å². The predicted molar refractivity (Wildman–Crippen MR) is 232 cm³/mol. The molecule has 0 aromatic carbocycles. The average Bonchev–Trinajstić information content (AvgIpc) is 3.60. The number of allylic oxidation sites excluding steroid dienone is 1. The van der Waals surface area contributed by atoms with Crippen LogP contribution in [0.5, 0.6) is 0 Å². The number of aliphatic hydroxyl groups excluding tert-OH is 2. The highest BCUT2D eigenvalue weighted by Gasteiger charge is 2.45. The molecule has 0 bridgehead atoms. The fraction of sp³-hybridized carbons (Fsp3) is 0.837. The third-order valence-electron chi connectivity index (χ3n) is 15.7. The second-order valence-corrected chi connectivity index (χ2v) is 19.8. The predicted octanol–water partition coefficient (Wildman–Crippen LogP) is 7.19. The molecular weight excluding hydrogens is 725 g/mol. The number of carbonyl (C=O) groups is 2. The lowest BCUT2D eigenvalue weighted by Crippen LogP contribution is -2.44. The Balaban J connectivity index is 1.33. The highest BCUT2D eigenvalue weighted by Crippen LogP contribution is 2.48. The lowest BCUT2D eigenvalue weighted by Gasteiger charge is -2.44. The molecule has 324 valence electrons. The van der Waals surface area contributed by atoms with Crippen molar-refractivity contribution in [2.75, 3.05) is 27.2 Å². The molecular formula is C49H79N4O5+. The third-order valence-corrected chi connectivity index (χ3v) is 15.7. The van der Waals surface area contributed by atoms with Gasteiger partial charge in [0.2, 0.25) is 0 Å². The Morgan fingerprint density at radius 1 is 1.02 bits per heavy atom. The molecule has 9 heteroatoms. The number of hydrogen-bond acceptors (Lipinski definition) is 9. The van der Waals surface area contributed by atoms with Crippen molar-refractivity contribution in [3.05, 3.63) is 17.7 Å². The Labute approximate surface area is 351 Å². The van der Waals surface area contributed by atoms with Crippen LogP contribution in [-0.4, -0.2) is 79.7 Å². The number of rotatable bonds is 14. The Kier molecular flexibility index (Phi) is 17.4. The molecule has 0 aromatic rings. The van der Waals surface area contributed by atoms with Gasteiger partial charge in [-0.05, 0) is 152 Å². The molecule has 0 radical (unpaired) electrons. The number of methoxy groups -OCH3 is 1. The van der Waals surface area contributed by atoms with Crippen molar-refractivity contribution >= 4 is 17.8 Å². The molecule has 6 aliphatic rings. The van der Waals surface area contributed by atoms with E-state index in [-0.39, 0.29) is 71.7 Å². The Bertz CT molecular complexity index is 1450. The van der Waals surface area contributed by atoms with Crippen molar-refractivity contribution in [3.63, 3.8) is 0 Å². The van der Waals surface area contributed by atoms with Crippen molar-refractivity contribution in [1.29, 1.82) is 0 Å². The fourth-order valence-corrected chi connectivity index (χ4v) is 12.5. The summed E-state index contributed by atoms with van der Waals surface area (Å²) in [5.41, 5.74) is 7.40. The number of nitrogens with zero attached hydrogens (tertiary/aromatic N) is 1. The molecule has 0 spiro atoms. The van der Waals surface area contributed by atoms with Gasteiger partial charge in [0.25, 0.3) is 0 Å². The van der Waals surface area contributed by atoms with E-state index in [2.05, 4.69) is 42.4 Å². The van der Waals surface area contributed by atoms with Gasteiger partial charge in [-0.3, -0.25) is 9.59 Å². The SMILES string of the molecule is CCC[C@@H]([C@@H]1C[C@H](CC2CCNC(N)C2)C[C@@H]2C#C[C@H](C3CCCCC3)C3CC(O)C(OC)CC3CCC(=O)CC(=O)[C@@H]2C1)[C@H](O)CC1=C[C+]([C@H](C)CCNC)C=N1. The molecule has 9 nitrogen and oxygen atoms in total. The van der Waals surface area contributed by atoms with E-state index in [0.29, 0.717) is 49.4 Å². The van der Waals surface area contributed by atoms with E-state index in [4.69, 9.17) is 15.5 Å². The van der Waals surface area contributed by atoms with Gasteiger partial charge in [-0.2, -0.15) is 0 Å². The monoisotopic (exact) mass is 804 g/mol. The van der Waals surface area contributed by atoms with Gasteiger partial charge in [0.05, 0.1) is 43.2 Å². The molecule has 3 saturated carbocycles. The quantitative estimate of drug-likeness (QED) is 0.0705. The van der Waals surface area contributed by atoms with Gasteiger partial charge >= 0.3 is 0 Å². The normalized spacial score (nSPS) is 36.9. The molecule has 6 N–H and O–H groups in total. The van der Waals surface area contributed by atoms with E-state index in [1.165, 1.54) is 25.2 Å². The first-order valence-electron chi connectivity index (χ1n) is 23.8. The zero-order valence-corrected chi connectivity index (χ0v) is 36.5. The van der Waals surface area contributed by atoms with Crippen LogP contribution in [0.2, 0.25) is 0 Å². The van der Waals surface area contributed by atoms with Gasteiger partial charge in [0, 0.05) is 31.3 Å². The van der Waals surface area contributed by atoms with Crippen LogP contribution < -0.4 is 16.4 Å². The molecule has 4 aliphatic carbocycles. The van der Waals surface area contributed by atoms with Crippen LogP contribution in [0.25, 0.3) is 0 Å². The number of piperidine rings is 1. The number of ketones is 2. The molecule has 14 atom stereocenters. The molecule has 0 aromatic heterocycles. The standard InChI is InChI=1S/C49H79N4O5/c1-5-9-42(45(55)27-39-24-38(30-53-39)31(2)16-18-51-3)37-22-33(20-32-17-19-52-49(50)23-32)21-35-13-15-41(34-10-7-6-8-11-34)43-29-47(57)48(58-4)26-36(43)12-14-40(54)28-46(56)44(35)25-37/h24,30-37,41-45,47-49,51-52,55,57H,5-12,14,16-23,25-29,50H2,1-4H3/q+1/t31-,32?,33-,35+,36?,37-,41-,42+,43?,44-,45-,47?,48?,49?/m1/s1. The number of aliphatic hydroxyl groups is 2. The molecule has 0 amide bonds. The highest BCUT2D eigenvalue weighted by molar-refractivity contribution is 6.00. The second kappa shape index (κ2) is 22.2. The highest BCUT2D eigenvalue weighted by atomic mass is 16.5. The number of Topliss-reactive ketones (excluding diaryl/α,β-unsaturated/α-hetero) is 2. The van der Waals surface area contributed by atoms with E-state index < -0.39 is 12.2 Å². The largest absolute Gasteiger partial charge is 0.391 e. The molecule has 2 heterocycles. The average molecular weight is 804 g/mol. The Morgan fingerprint density at radius 2 is 1.83 bits per heavy atom. The summed E-state index contributed by atoms with van der Waals surface area (Å²) in [5, 5.41) is 30.2. The number of hydrogen-bond donors (Lipinski definition) is 5. The van der Waals surface area contributed by atoms with Crippen LogP contribution in [0.3, 0.4) is 0 Å². The Morgan fingerprint density at radius 3 is 2.57 bits per heavy atom. The second-order valence-electron chi connectivity index (χ2n) is 19.8. The van der Waals surface area contributed by atoms with Gasteiger partial charge in [-0.1, -0.05) is 44.4 Å². The zero-order chi connectivity index (χ0) is 41.2. The summed E-state index contributed by atoms with van der Waals surface area (Å²) in [5.74, 6) is 11.2. The summed E-state index contributed by atoms with van der Waals surface area (Å²) in [6, 6.07) is 0. The van der Waals surface area contributed by atoms with Crippen molar-refractivity contribution in [2.24, 2.45) is 75.8 Å². The molecule has 1 saturated heterocycles. The maximum Gasteiger partial charge on any atom is 0.177 e. The van der Waals surface area contributed by atoms with E-state index in [1.807, 2.05) is 13.3 Å². The minimum Gasteiger partial charge on any atom is -0.391 e. The van der Waals surface area contributed by atoms with E-state index >= 15 is 0 Å². The molecule has 6 rings (SSSR count). The van der Waals surface area contributed by atoms with Crippen LogP contribution in [0.4, 0.5) is 0 Å². The summed E-state index contributed by atoms with van der Waals surface area (Å²) in [4.78, 5) is 33.3. The lowest BCUT2D eigenvalue weighted by atomic mass is 9.63. The van der Waals surface area contributed by atoms with Gasteiger partial charge in [0.15, 0.2) is 5.70 Å². The third kappa shape index (κ3) is 12.1. The summed E-state index contributed by atoms with van der Waals surface area (Å²) >= 11 is 0. The molecule has 2 aliphatic heterocycles. The van der Waals surface area contributed by atoms with Crippen molar-refractivity contribution in [1.82, 2.24) is 10.6 Å².